The number of nitrogens with two attached hydrogens (primary N) is 1. The molecule has 0 aliphatic rings. The Bertz CT molecular complexity index is 376. The van der Waals surface area contributed by atoms with E-state index in [9.17, 15) is 0 Å². The summed E-state index contributed by atoms with van der Waals surface area (Å²) in [5.41, 5.74) is 7.79. The lowest BCUT2D eigenvalue weighted by molar-refractivity contribution is 0.129. The normalized spacial score (nSPS) is 12.4. The second-order valence-electron chi connectivity index (χ2n) is 5.50. The lowest BCUT2D eigenvalue weighted by Crippen LogP contribution is -2.33. The molecule has 0 amide bonds. The summed E-state index contributed by atoms with van der Waals surface area (Å²) in [5, 5.41) is 3.45. The zero-order valence-electron chi connectivity index (χ0n) is 13.7. The summed E-state index contributed by atoms with van der Waals surface area (Å²) in [6.07, 6.45) is 1.95. The van der Waals surface area contributed by atoms with Gasteiger partial charge in [0.05, 0.1) is 0 Å². The first-order chi connectivity index (χ1) is 10.1. The van der Waals surface area contributed by atoms with Crippen molar-refractivity contribution in [3.8, 4) is 5.75 Å². The zero-order chi connectivity index (χ0) is 15.5. The monoisotopic (exact) mass is 294 g/mol. The van der Waals surface area contributed by atoms with Gasteiger partial charge in [0.15, 0.2) is 0 Å². The van der Waals surface area contributed by atoms with E-state index in [-0.39, 0.29) is 0 Å². The third-order valence-corrected chi connectivity index (χ3v) is 3.34. The second-order valence-corrected chi connectivity index (χ2v) is 5.50. The molecule has 21 heavy (non-hydrogen) atoms. The average Bonchev–Trinajstić information content (AvgIpc) is 2.46. The fourth-order valence-electron chi connectivity index (χ4n) is 2.10. The molecule has 0 aliphatic heterocycles. The highest BCUT2D eigenvalue weighted by Crippen LogP contribution is 2.22. The molecular weight excluding hydrogens is 264 g/mol. The van der Waals surface area contributed by atoms with Gasteiger partial charge < -0.3 is 20.5 Å². The SMILES string of the molecule is Cc1cccc(C)c1OCC(C)NCCCOCCCN. The van der Waals surface area contributed by atoms with Crippen LogP contribution in [0.3, 0.4) is 0 Å². The van der Waals surface area contributed by atoms with E-state index in [0.29, 0.717) is 19.2 Å². The van der Waals surface area contributed by atoms with Gasteiger partial charge in [0.1, 0.15) is 12.4 Å². The average molecular weight is 294 g/mol. The Labute approximate surface area is 129 Å². The molecule has 4 heteroatoms. The molecule has 0 saturated carbocycles. The van der Waals surface area contributed by atoms with Crippen molar-refractivity contribution in [3.05, 3.63) is 29.3 Å². The highest BCUT2D eigenvalue weighted by Gasteiger charge is 2.06. The summed E-state index contributed by atoms with van der Waals surface area (Å²) in [6.45, 7) is 10.2. The molecule has 1 aromatic rings. The maximum absolute atomic E-state index is 5.93. The molecule has 3 N–H and O–H groups in total. The number of hydrogen-bond donors (Lipinski definition) is 2. The molecule has 1 atom stereocenters. The van der Waals surface area contributed by atoms with E-state index in [1.165, 1.54) is 11.1 Å². The van der Waals surface area contributed by atoms with E-state index in [2.05, 4.69) is 44.3 Å². The van der Waals surface area contributed by atoms with Gasteiger partial charge in [0.2, 0.25) is 0 Å². The minimum Gasteiger partial charge on any atom is -0.491 e. The van der Waals surface area contributed by atoms with Gasteiger partial charge in [-0.15, -0.1) is 0 Å². The predicted molar refractivity (Wildman–Crippen MR) is 88.0 cm³/mol. The van der Waals surface area contributed by atoms with Crippen LogP contribution in [-0.4, -0.2) is 39.0 Å². The molecule has 0 fully saturated rings. The van der Waals surface area contributed by atoms with Gasteiger partial charge in [-0.2, -0.15) is 0 Å². The molecule has 0 aliphatic carbocycles. The van der Waals surface area contributed by atoms with Gasteiger partial charge in [-0.3, -0.25) is 0 Å². The molecule has 0 heterocycles. The third-order valence-electron chi connectivity index (χ3n) is 3.34. The molecule has 120 valence electrons. The van der Waals surface area contributed by atoms with E-state index in [1.807, 2.05) is 0 Å². The predicted octanol–water partition coefficient (Wildman–Crippen LogP) is 2.42. The Morgan fingerprint density at radius 2 is 1.81 bits per heavy atom. The summed E-state index contributed by atoms with van der Waals surface area (Å²) in [4.78, 5) is 0. The summed E-state index contributed by atoms with van der Waals surface area (Å²) in [5.74, 6) is 1.01. The van der Waals surface area contributed by atoms with E-state index >= 15 is 0 Å². The Balaban J connectivity index is 2.12. The highest BCUT2D eigenvalue weighted by molar-refractivity contribution is 5.39. The Kier molecular flexibility index (Phi) is 9.06. The van der Waals surface area contributed by atoms with Crippen LogP contribution >= 0.6 is 0 Å². The van der Waals surface area contributed by atoms with Gasteiger partial charge in [0, 0.05) is 19.3 Å². The van der Waals surface area contributed by atoms with Crippen LogP contribution in [0.15, 0.2) is 18.2 Å². The van der Waals surface area contributed by atoms with Crippen LogP contribution in [0, 0.1) is 13.8 Å². The second kappa shape index (κ2) is 10.6. The fourth-order valence-corrected chi connectivity index (χ4v) is 2.10. The largest absolute Gasteiger partial charge is 0.491 e. The van der Waals surface area contributed by atoms with Crippen molar-refractivity contribution >= 4 is 0 Å². The first kappa shape index (κ1) is 18.0. The number of ether oxygens (including phenoxy) is 2. The third kappa shape index (κ3) is 7.46. The van der Waals surface area contributed by atoms with Crippen molar-refractivity contribution < 1.29 is 9.47 Å². The van der Waals surface area contributed by atoms with Gasteiger partial charge in [-0.25, -0.2) is 0 Å². The fraction of sp³-hybridized carbons (Fsp3) is 0.647. The van der Waals surface area contributed by atoms with E-state index in [0.717, 1.165) is 38.3 Å². The van der Waals surface area contributed by atoms with Gasteiger partial charge in [-0.05, 0) is 57.8 Å². The summed E-state index contributed by atoms with van der Waals surface area (Å²) in [7, 11) is 0. The summed E-state index contributed by atoms with van der Waals surface area (Å²) < 4.78 is 11.4. The van der Waals surface area contributed by atoms with Crippen molar-refractivity contribution in [2.45, 2.75) is 39.7 Å². The van der Waals surface area contributed by atoms with E-state index in [1.54, 1.807) is 0 Å². The Morgan fingerprint density at radius 1 is 1.14 bits per heavy atom. The molecule has 1 aromatic carbocycles. The number of hydrogen-bond acceptors (Lipinski definition) is 4. The minimum absolute atomic E-state index is 0.327. The van der Waals surface area contributed by atoms with Crippen LogP contribution in [0.4, 0.5) is 0 Å². The smallest absolute Gasteiger partial charge is 0.125 e. The molecule has 4 nitrogen and oxygen atoms in total. The van der Waals surface area contributed by atoms with Crippen molar-refractivity contribution in [3.63, 3.8) is 0 Å². The topological polar surface area (TPSA) is 56.5 Å². The minimum atomic E-state index is 0.327. The van der Waals surface area contributed by atoms with Crippen LogP contribution in [0.1, 0.15) is 30.9 Å². The lowest BCUT2D eigenvalue weighted by Gasteiger charge is -2.17. The maximum Gasteiger partial charge on any atom is 0.125 e. The van der Waals surface area contributed by atoms with Crippen LogP contribution in [0.2, 0.25) is 0 Å². The Morgan fingerprint density at radius 3 is 2.48 bits per heavy atom. The quantitative estimate of drug-likeness (QED) is 0.615. The number of para-hydroxylation sites is 1. The van der Waals surface area contributed by atoms with Crippen molar-refractivity contribution in [1.29, 1.82) is 0 Å². The first-order valence-electron chi connectivity index (χ1n) is 7.85. The van der Waals surface area contributed by atoms with Crippen LogP contribution < -0.4 is 15.8 Å². The number of aryl methyl sites for hydroxylation is 2. The maximum atomic E-state index is 5.93. The molecule has 0 spiro atoms. The van der Waals surface area contributed by atoms with Gasteiger partial charge in [0.25, 0.3) is 0 Å². The summed E-state index contributed by atoms with van der Waals surface area (Å²) in [6, 6.07) is 6.55. The molecule has 0 saturated heterocycles. The zero-order valence-corrected chi connectivity index (χ0v) is 13.7. The molecule has 0 aromatic heterocycles. The highest BCUT2D eigenvalue weighted by atomic mass is 16.5. The van der Waals surface area contributed by atoms with E-state index < -0.39 is 0 Å². The van der Waals surface area contributed by atoms with E-state index in [4.69, 9.17) is 15.2 Å². The van der Waals surface area contributed by atoms with Gasteiger partial charge in [-0.1, -0.05) is 18.2 Å². The first-order valence-corrected chi connectivity index (χ1v) is 7.85. The molecule has 0 radical (unpaired) electrons. The number of nitrogens with one attached hydrogen (secondary N) is 1. The standard InChI is InChI=1S/C17H30N2O2/c1-14-7-4-8-15(2)17(14)21-13-16(3)19-10-6-12-20-11-5-9-18/h4,7-8,16,19H,5-6,9-13,18H2,1-3H3. The Hall–Kier alpha value is -1.10. The van der Waals surface area contributed by atoms with Gasteiger partial charge >= 0.3 is 0 Å². The van der Waals surface area contributed by atoms with Crippen molar-refractivity contribution in [2.24, 2.45) is 5.73 Å². The molecule has 0 bridgehead atoms. The lowest BCUT2D eigenvalue weighted by atomic mass is 10.1. The van der Waals surface area contributed by atoms with Crippen LogP contribution in [0.25, 0.3) is 0 Å². The van der Waals surface area contributed by atoms with Crippen molar-refractivity contribution in [2.75, 3.05) is 32.9 Å². The molecule has 1 unspecified atom stereocenters. The van der Waals surface area contributed by atoms with Crippen LogP contribution in [-0.2, 0) is 4.74 Å². The van der Waals surface area contributed by atoms with Crippen molar-refractivity contribution in [1.82, 2.24) is 5.32 Å². The molecular formula is C17H30N2O2. The van der Waals surface area contributed by atoms with Crippen LogP contribution in [0.5, 0.6) is 5.75 Å². The summed E-state index contributed by atoms with van der Waals surface area (Å²) >= 11 is 0. The number of benzene rings is 1. The molecule has 1 rings (SSSR count). The number of rotatable bonds is 11.